The quantitative estimate of drug-likeness (QED) is 0.599. The van der Waals surface area contributed by atoms with Crippen molar-refractivity contribution in [3.8, 4) is 11.5 Å². The molecular formula is C23H37ClN2O3. The van der Waals surface area contributed by atoms with E-state index in [1.807, 2.05) is 33.8 Å². The molecule has 164 valence electrons. The predicted molar refractivity (Wildman–Crippen MR) is 119 cm³/mol. The Balaban J connectivity index is 2.01. The molecule has 0 bridgehead atoms. The third-order valence-corrected chi connectivity index (χ3v) is 5.32. The Labute approximate surface area is 180 Å². The standard InChI is InChI=1S/C23H37ClN2O3/c1-5-28-20-13-17(15-25-18-11-9-7-6-8-10-12-18)19(24)14-21(20)29-16-22(27)26-23(2,3)4/h13-14,18,25H,5-12,15-16H2,1-4H3,(H,26,27). The van der Waals surface area contributed by atoms with Crippen molar-refractivity contribution in [2.24, 2.45) is 0 Å². The van der Waals surface area contributed by atoms with Gasteiger partial charge in [-0.3, -0.25) is 4.79 Å². The summed E-state index contributed by atoms with van der Waals surface area (Å²) in [5.74, 6) is 0.941. The topological polar surface area (TPSA) is 59.6 Å². The first kappa shape index (κ1) is 23.8. The number of rotatable bonds is 8. The molecule has 1 aliphatic rings. The Morgan fingerprint density at radius 1 is 1.07 bits per heavy atom. The minimum absolute atomic E-state index is 0.0760. The molecule has 1 saturated carbocycles. The Bertz CT molecular complexity index is 650. The lowest BCUT2D eigenvalue weighted by molar-refractivity contribution is -0.124. The number of halogens is 1. The highest BCUT2D eigenvalue weighted by Crippen LogP contribution is 2.34. The molecule has 0 radical (unpaired) electrons. The number of amides is 1. The highest BCUT2D eigenvalue weighted by atomic mass is 35.5. The normalized spacial score (nSPS) is 16.0. The highest BCUT2D eigenvalue weighted by molar-refractivity contribution is 6.31. The number of carbonyl (C=O) groups is 1. The van der Waals surface area contributed by atoms with Gasteiger partial charge in [0, 0.05) is 29.2 Å². The van der Waals surface area contributed by atoms with Gasteiger partial charge in [0.1, 0.15) is 0 Å². The number of nitrogens with one attached hydrogen (secondary N) is 2. The van der Waals surface area contributed by atoms with E-state index in [9.17, 15) is 4.79 Å². The zero-order valence-electron chi connectivity index (χ0n) is 18.4. The van der Waals surface area contributed by atoms with Crippen molar-refractivity contribution in [1.29, 1.82) is 0 Å². The van der Waals surface area contributed by atoms with Crippen LogP contribution in [0.5, 0.6) is 11.5 Å². The number of benzene rings is 1. The van der Waals surface area contributed by atoms with Crippen LogP contribution in [0.2, 0.25) is 5.02 Å². The lowest BCUT2D eigenvalue weighted by Gasteiger charge is -2.22. The summed E-state index contributed by atoms with van der Waals surface area (Å²) in [6.45, 7) is 8.88. The van der Waals surface area contributed by atoms with Crippen molar-refractivity contribution in [3.63, 3.8) is 0 Å². The molecule has 6 heteroatoms. The number of hydrogen-bond acceptors (Lipinski definition) is 4. The Morgan fingerprint density at radius 3 is 2.31 bits per heavy atom. The van der Waals surface area contributed by atoms with Crippen LogP contribution in [0.25, 0.3) is 0 Å². The maximum Gasteiger partial charge on any atom is 0.258 e. The molecule has 0 aromatic heterocycles. The van der Waals surface area contributed by atoms with Crippen LogP contribution in [-0.4, -0.2) is 30.7 Å². The van der Waals surface area contributed by atoms with Crippen molar-refractivity contribution >= 4 is 17.5 Å². The van der Waals surface area contributed by atoms with Gasteiger partial charge in [-0.15, -0.1) is 0 Å². The molecule has 1 aliphatic carbocycles. The molecule has 0 aliphatic heterocycles. The van der Waals surface area contributed by atoms with E-state index in [0.29, 0.717) is 35.7 Å². The van der Waals surface area contributed by atoms with Crippen molar-refractivity contribution in [3.05, 3.63) is 22.7 Å². The van der Waals surface area contributed by atoms with Gasteiger partial charge < -0.3 is 20.1 Å². The summed E-state index contributed by atoms with van der Waals surface area (Å²) in [7, 11) is 0. The fourth-order valence-electron chi connectivity index (χ4n) is 3.61. The third kappa shape index (κ3) is 8.83. The maximum absolute atomic E-state index is 12.1. The SMILES string of the molecule is CCOc1cc(CNC2CCCCCCC2)c(Cl)cc1OCC(=O)NC(C)(C)C. The third-order valence-electron chi connectivity index (χ3n) is 4.97. The minimum Gasteiger partial charge on any atom is -0.490 e. The number of ether oxygens (including phenoxy) is 2. The van der Waals surface area contributed by atoms with Crippen molar-refractivity contribution in [1.82, 2.24) is 10.6 Å². The molecule has 5 nitrogen and oxygen atoms in total. The summed E-state index contributed by atoms with van der Waals surface area (Å²) in [6, 6.07) is 4.23. The second-order valence-electron chi connectivity index (χ2n) is 8.83. The predicted octanol–water partition coefficient (Wildman–Crippen LogP) is 5.23. The van der Waals surface area contributed by atoms with Crippen LogP contribution < -0.4 is 20.1 Å². The van der Waals surface area contributed by atoms with E-state index in [0.717, 1.165) is 5.56 Å². The van der Waals surface area contributed by atoms with E-state index in [-0.39, 0.29) is 18.1 Å². The molecule has 2 N–H and O–H groups in total. The molecular weight excluding hydrogens is 388 g/mol. The summed E-state index contributed by atoms with van der Waals surface area (Å²) in [5.41, 5.74) is 0.691. The molecule has 0 saturated heterocycles. The van der Waals surface area contributed by atoms with E-state index in [4.69, 9.17) is 21.1 Å². The van der Waals surface area contributed by atoms with Gasteiger partial charge in [-0.2, -0.15) is 0 Å². The van der Waals surface area contributed by atoms with E-state index >= 15 is 0 Å². The van der Waals surface area contributed by atoms with E-state index in [2.05, 4.69) is 10.6 Å². The summed E-state index contributed by atoms with van der Waals surface area (Å²) in [4.78, 5) is 12.1. The molecule has 29 heavy (non-hydrogen) atoms. The monoisotopic (exact) mass is 424 g/mol. The Hall–Kier alpha value is -1.46. The van der Waals surface area contributed by atoms with Crippen LogP contribution >= 0.6 is 11.6 Å². The summed E-state index contributed by atoms with van der Waals surface area (Å²) in [5, 5.41) is 7.17. The van der Waals surface area contributed by atoms with Crippen LogP contribution in [0.1, 0.15) is 78.2 Å². The first-order valence-corrected chi connectivity index (χ1v) is 11.3. The molecule has 0 unspecified atom stereocenters. The van der Waals surface area contributed by atoms with Crippen LogP contribution in [0, 0.1) is 0 Å². The van der Waals surface area contributed by atoms with Gasteiger partial charge in [-0.25, -0.2) is 0 Å². The van der Waals surface area contributed by atoms with Gasteiger partial charge in [0.15, 0.2) is 18.1 Å². The zero-order chi connectivity index (χ0) is 21.3. The van der Waals surface area contributed by atoms with Gasteiger partial charge in [0.05, 0.1) is 6.61 Å². The van der Waals surface area contributed by atoms with Crippen molar-refractivity contribution in [2.45, 2.75) is 90.8 Å². The molecule has 0 spiro atoms. The van der Waals surface area contributed by atoms with Crippen molar-refractivity contribution < 1.29 is 14.3 Å². The van der Waals surface area contributed by atoms with E-state index in [1.165, 1.54) is 44.9 Å². The fourth-order valence-corrected chi connectivity index (χ4v) is 3.83. The molecule has 2 rings (SSSR count). The van der Waals surface area contributed by atoms with Crippen LogP contribution in [-0.2, 0) is 11.3 Å². The Morgan fingerprint density at radius 2 is 1.69 bits per heavy atom. The molecule has 1 amide bonds. The number of hydrogen-bond donors (Lipinski definition) is 2. The van der Waals surface area contributed by atoms with Crippen LogP contribution in [0.3, 0.4) is 0 Å². The second kappa shape index (κ2) is 11.7. The molecule has 0 heterocycles. The van der Waals surface area contributed by atoms with E-state index < -0.39 is 0 Å². The number of carbonyl (C=O) groups excluding carboxylic acids is 1. The first-order valence-electron chi connectivity index (χ1n) is 10.9. The van der Waals surface area contributed by atoms with Crippen LogP contribution in [0.15, 0.2) is 12.1 Å². The summed E-state index contributed by atoms with van der Waals surface area (Å²) in [6.07, 6.45) is 9.06. The van der Waals surface area contributed by atoms with Gasteiger partial charge in [-0.05, 0) is 52.2 Å². The lowest BCUT2D eigenvalue weighted by Crippen LogP contribution is -2.43. The van der Waals surface area contributed by atoms with E-state index in [1.54, 1.807) is 6.07 Å². The average Bonchev–Trinajstić information content (AvgIpc) is 2.60. The smallest absolute Gasteiger partial charge is 0.258 e. The molecule has 0 atom stereocenters. The van der Waals surface area contributed by atoms with Gasteiger partial charge >= 0.3 is 0 Å². The highest BCUT2D eigenvalue weighted by Gasteiger charge is 2.17. The van der Waals surface area contributed by atoms with Gasteiger partial charge in [-0.1, -0.05) is 43.7 Å². The Kier molecular flexibility index (Phi) is 9.57. The van der Waals surface area contributed by atoms with Crippen LogP contribution in [0.4, 0.5) is 0 Å². The maximum atomic E-state index is 12.1. The minimum atomic E-state index is -0.298. The van der Waals surface area contributed by atoms with Gasteiger partial charge in [0.2, 0.25) is 0 Å². The first-order chi connectivity index (χ1) is 13.8. The largest absolute Gasteiger partial charge is 0.490 e. The fraction of sp³-hybridized carbons (Fsp3) is 0.696. The van der Waals surface area contributed by atoms with Crippen molar-refractivity contribution in [2.75, 3.05) is 13.2 Å². The average molecular weight is 425 g/mol. The van der Waals surface area contributed by atoms with Gasteiger partial charge in [0.25, 0.3) is 5.91 Å². The zero-order valence-corrected chi connectivity index (χ0v) is 19.2. The molecule has 1 fully saturated rings. The molecule has 1 aromatic rings. The molecule has 1 aromatic carbocycles. The lowest BCUT2D eigenvalue weighted by atomic mass is 9.96. The summed E-state index contributed by atoms with van der Waals surface area (Å²) >= 11 is 6.52. The summed E-state index contributed by atoms with van der Waals surface area (Å²) < 4.78 is 11.5. The second-order valence-corrected chi connectivity index (χ2v) is 9.24.